The molecule has 3 aromatic rings. The highest BCUT2D eigenvalue weighted by Gasteiger charge is 2.21. The first-order valence-electron chi connectivity index (χ1n) is 8.63. The molecule has 0 spiro atoms. The van der Waals surface area contributed by atoms with Gasteiger partial charge in [0.05, 0.1) is 28.3 Å². The summed E-state index contributed by atoms with van der Waals surface area (Å²) in [6, 6.07) is 12.2. The maximum absolute atomic E-state index is 13.0. The van der Waals surface area contributed by atoms with Crippen LogP contribution in [-0.2, 0) is 16.6 Å². The number of rotatable bonds is 8. The van der Waals surface area contributed by atoms with Crippen LogP contribution in [0.5, 0.6) is 0 Å². The maximum atomic E-state index is 13.0. The predicted octanol–water partition coefficient (Wildman–Crippen LogP) is 3.64. The molecular formula is C19H17FN4O5S. The van der Waals surface area contributed by atoms with Gasteiger partial charge in [-0.2, -0.15) is 5.10 Å². The van der Waals surface area contributed by atoms with Gasteiger partial charge >= 0.3 is 0 Å². The molecule has 0 unspecified atom stereocenters. The van der Waals surface area contributed by atoms with Gasteiger partial charge in [-0.3, -0.25) is 15.5 Å². The molecule has 1 aromatic heterocycles. The number of sulfonamides is 1. The zero-order valence-electron chi connectivity index (χ0n) is 15.7. The van der Waals surface area contributed by atoms with Crippen LogP contribution in [0, 0.1) is 15.9 Å². The molecule has 156 valence electrons. The van der Waals surface area contributed by atoms with E-state index in [1.807, 2.05) is 0 Å². The summed E-state index contributed by atoms with van der Waals surface area (Å²) in [4.78, 5) is 10.5. The topological polar surface area (TPSA) is 127 Å². The Morgan fingerprint density at radius 2 is 1.93 bits per heavy atom. The van der Waals surface area contributed by atoms with E-state index in [0.29, 0.717) is 17.0 Å². The molecule has 0 radical (unpaired) electrons. The number of furan rings is 1. The standard InChI is InChI=1S/C19H17FN4O5S/c1-13(14-4-6-15(20)7-5-14)22-23-18-9-8-17(11-19(18)24(25)26)30(27,28)21-12-16-3-2-10-29-16/h2-11,21,23H,12H2,1H3/b22-13-. The van der Waals surface area contributed by atoms with Crippen LogP contribution >= 0.6 is 0 Å². The monoisotopic (exact) mass is 432 g/mol. The normalized spacial score (nSPS) is 12.0. The number of halogens is 1. The third-order valence-electron chi connectivity index (χ3n) is 4.10. The van der Waals surface area contributed by atoms with Crippen molar-refractivity contribution in [2.24, 2.45) is 5.10 Å². The number of hydrogen-bond acceptors (Lipinski definition) is 7. The summed E-state index contributed by atoms with van der Waals surface area (Å²) in [6.45, 7) is 1.55. The van der Waals surface area contributed by atoms with Crippen molar-refractivity contribution in [3.8, 4) is 0 Å². The van der Waals surface area contributed by atoms with Gasteiger partial charge in [-0.15, -0.1) is 0 Å². The van der Waals surface area contributed by atoms with Gasteiger partial charge in [0, 0.05) is 6.07 Å². The van der Waals surface area contributed by atoms with Gasteiger partial charge in [-0.1, -0.05) is 12.1 Å². The van der Waals surface area contributed by atoms with Crippen LogP contribution in [0.1, 0.15) is 18.2 Å². The first-order chi connectivity index (χ1) is 14.3. The van der Waals surface area contributed by atoms with E-state index < -0.39 is 26.5 Å². The van der Waals surface area contributed by atoms with Crippen molar-refractivity contribution in [2.45, 2.75) is 18.4 Å². The summed E-state index contributed by atoms with van der Waals surface area (Å²) in [7, 11) is -4.00. The lowest BCUT2D eigenvalue weighted by atomic mass is 10.1. The molecule has 3 rings (SSSR count). The quantitative estimate of drug-likeness (QED) is 0.318. The number of nitro groups is 1. The Morgan fingerprint density at radius 1 is 1.20 bits per heavy atom. The minimum atomic E-state index is -4.00. The number of hydrazone groups is 1. The van der Waals surface area contributed by atoms with Gasteiger partial charge in [0.1, 0.15) is 17.3 Å². The van der Waals surface area contributed by atoms with E-state index in [1.54, 1.807) is 19.1 Å². The Hall–Kier alpha value is -3.57. The molecule has 0 aliphatic rings. The van der Waals surface area contributed by atoms with Crippen molar-refractivity contribution < 1.29 is 22.1 Å². The molecule has 0 saturated heterocycles. The molecule has 11 heteroatoms. The molecule has 0 fully saturated rings. The molecule has 0 bridgehead atoms. The average Bonchev–Trinajstić information content (AvgIpc) is 3.24. The fraction of sp³-hybridized carbons (Fsp3) is 0.105. The number of anilines is 1. The van der Waals surface area contributed by atoms with E-state index in [4.69, 9.17) is 4.42 Å². The van der Waals surface area contributed by atoms with Crippen molar-refractivity contribution in [3.63, 3.8) is 0 Å². The van der Waals surface area contributed by atoms with Crippen molar-refractivity contribution in [2.75, 3.05) is 5.43 Å². The maximum Gasteiger partial charge on any atom is 0.295 e. The summed E-state index contributed by atoms with van der Waals surface area (Å²) < 4.78 is 45.3. The molecular weight excluding hydrogens is 415 g/mol. The summed E-state index contributed by atoms with van der Waals surface area (Å²) in [5.41, 5.74) is 3.18. The number of nitrogens with zero attached hydrogens (tertiary/aromatic N) is 2. The second-order valence-electron chi connectivity index (χ2n) is 6.16. The molecule has 0 aliphatic carbocycles. The number of nitro benzene ring substituents is 1. The molecule has 0 aliphatic heterocycles. The highest BCUT2D eigenvalue weighted by Crippen LogP contribution is 2.28. The highest BCUT2D eigenvalue weighted by atomic mass is 32.2. The van der Waals surface area contributed by atoms with Crippen LogP contribution in [0.25, 0.3) is 0 Å². The van der Waals surface area contributed by atoms with E-state index in [0.717, 1.165) is 6.07 Å². The van der Waals surface area contributed by atoms with Crippen molar-refractivity contribution in [3.05, 3.63) is 88.1 Å². The third-order valence-corrected chi connectivity index (χ3v) is 5.50. The SMILES string of the molecule is C/C(=N/Nc1ccc(S(=O)(=O)NCc2ccco2)cc1[N+](=O)[O-])c1ccc(F)cc1. The minimum absolute atomic E-state index is 0.00597. The van der Waals surface area contributed by atoms with Gasteiger partial charge in [-0.25, -0.2) is 17.5 Å². The van der Waals surface area contributed by atoms with Crippen molar-refractivity contribution in [1.82, 2.24) is 4.72 Å². The van der Waals surface area contributed by atoms with E-state index >= 15 is 0 Å². The van der Waals surface area contributed by atoms with Crippen molar-refractivity contribution in [1.29, 1.82) is 0 Å². The minimum Gasteiger partial charge on any atom is -0.468 e. The van der Waals surface area contributed by atoms with E-state index in [-0.39, 0.29) is 17.1 Å². The molecule has 0 saturated carbocycles. The molecule has 0 amide bonds. The Kier molecular flexibility index (Phi) is 6.23. The molecule has 2 aromatic carbocycles. The molecule has 1 heterocycles. The van der Waals surface area contributed by atoms with Crippen LogP contribution in [0.3, 0.4) is 0 Å². The van der Waals surface area contributed by atoms with E-state index in [1.165, 1.54) is 42.7 Å². The van der Waals surface area contributed by atoms with Gasteiger partial charge in [-0.05, 0) is 48.9 Å². The highest BCUT2D eigenvalue weighted by molar-refractivity contribution is 7.89. The lowest BCUT2D eigenvalue weighted by Crippen LogP contribution is -2.23. The summed E-state index contributed by atoms with van der Waals surface area (Å²) >= 11 is 0. The lowest BCUT2D eigenvalue weighted by Gasteiger charge is -2.08. The largest absolute Gasteiger partial charge is 0.468 e. The summed E-state index contributed by atoms with van der Waals surface area (Å²) in [5, 5.41) is 15.5. The van der Waals surface area contributed by atoms with Gasteiger partial charge in [0.15, 0.2) is 0 Å². The molecule has 0 atom stereocenters. The number of hydrogen-bond donors (Lipinski definition) is 2. The van der Waals surface area contributed by atoms with Gasteiger partial charge < -0.3 is 4.42 Å². The van der Waals surface area contributed by atoms with Crippen LogP contribution in [-0.4, -0.2) is 19.1 Å². The first kappa shape index (κ1) is 21.1. The molecule has 30 heavy (non-hydrogen) atoms. The molecule has 2 N–H and O–H groups in total. The first-order valence-corrected chi connectivity index (χ1v) is 10.1. The second kappa shape index (κ2) is 8.84. The Labute approximate surface area is 171 Å². The number of benzene rings is 2. The van der Waals surface area contributed by atoms with Crippen LogP contribution in [0.4, 0.5) is 15.8 Å². The van der Waals surface area contributed by atoms with Crippen LogP contribution in [0.2, 0.25) is 0 Å². The smallest absolute Gasteiger partial charge is 0.295 e. The Morgan fingerprint density at radius 3 is 2.57 bits per heavy atom. The third kappa shape index (κ3) is 5.07. The van der Waals surface area contributed by atoms with Gasteiger partial charge in [0.25, 0.3) is 5.69 Å². The van der Waals surface area contributed by atoms with Crippen LogP contribution in [0.15, 0.2) is 75.3 Å². The fourth-order valence-electron chi connectivity index (χ4n) is 2.49. The average molecular weight is 432 g/mol. The second-order valence-corrected chi connectivity index (χ2v) is 7.92. The number of nitrogens with one attached hydrogen (secondary N) is 2. The summed E-state index contributed by atoms with van der Waals surface area (Å²) in [6.07, 6.45) is 1.41. The fourth-order valence-corrected chi connectivity index (χ4v) is 3.50. The van der Waals surface area contributed by atoms with Crippen LogP contribution < -0.4 is 10.1 Å². The van der Waals surface area contributed by atoms with E-state index in [2.05, 4.69) is 15.2 Å². The van der Waals surface area contributed by atoms with E-state index in [9.17, 15) is 22.9 Å². The zero-order valence-corrected chi connectivity index (χ0v) is 16.5. The Balaban J connectivity index is 1.81. The zero-order chi connectivity index (χ0) is 21.7. The lowest BCUT2D eigenvalue weighted by molar-refractivity contribution is -0.384. The predicted molar refractivity (Wildman–Crippen MR) is 108 cm³/mol. The molecule has 9 nitrogen and oxygen atoms in total. The summed E-state index contributed by atoms with van der Waals surface area (Å²) in [5.74, 6) is 0.00423. The Bertz CT molecular complexity index is 1180. The van der Waals surface area contributed by atoms with Gasteiger partial charge in [0.2, 0.25) is 10.0 Å². The van der Waals surface area contributed by atoms with Crippen molar-refractivity contribution >= 4 is 27.1 Å².